The van der Waals surface area contributed by atoms with Crippen LogP contribution in [-0.2, 0) is 26.1 Å². The number of hydrogen-bond donors (Lipinski definition) is 2. The molecule has 2 N–H and O–H groups in total. The Morgan fingerprint density at radius 2 is 1.96 bits per heavy atom. The number of rotatable bonds is 5. The molecule has 1 aliphatic rings. The summed E-state index contributed by atoms with van der Waals surface area (Å²) >= 11 is 0. The van der Waals surface area contributed by atoms with Crippen molar-refractivity contribution in [1.82, 2.24) is 14.9 Å². The third-order valence-electron chi connectivity index (χ3n) is 4.30. The molecule has 0 saturated heterocycles. The molecule has 0 amide bonds. The summed E-state index contributed by atoms with van der Waals surface area (Å²) in [5.41, 5.74) is 0.445. The molecule has 2 heterocycles. The topological polar surface area (TPSA) is 67.2 Å². The molecule has 1 aromatic heterocycles. The summed E-state index contributed by atoms with van der Waals surface area (Å²) in [5, 5.41) is 11.8. The highest BCUT2D eigenvalue weighted by molar-refractivity contribution is 5.87. The first-order chi connectivity index (χ1) is 11.6. The van der Waals surface area contributed by atoms with Crippen LogP contribution in [0.5, 0.6) is 0 Å². The maximum absolute atomic E-state index is 13.9. The van der Waals surface area contributed by atoms with Crippen molar-refractivity contribution in [3.05, 3.63) is 52.6 Å². The number of aromatic carboxylic acids is 1. The van der Waals surface area contributed by atoms with E-state index in [-0.39, 0.29) is 12.1 Å². The first-order valence-electron chi connectivity index (χ1n) is 8.01. The van der Waals surface area contributed by atoms with Gasteiger partial charge in [-0.05, 0) is 25.0 Å². The van der Waals surface area contributed by atoms with Crippen molar-refractivity contribution < 1.29 is 18.7 Å². The Labute approximate surface area is 138 Å². The van der Waals surface area contributed by atoms with Crippen molar-refractivity contribution in [2.45, 2.75) is 45.3 Å². The Kier molecular flexibility index (Phi) is 4.89. The molecule has 0 aliphatic carbocycles. The summed E-state index contributed by atoms with van der Waals surface area (Å²) in [7, 11) is 0. The van der Waals surface area contributed by atoms with Gasteiger partial charge in [0.05, 0.1) is 11.3 Å². The second-order valence-electron chi connectivity index (χ2n) is 5.96. The predicted octanol–water partition coefficient (Wildman–Crippen LogP) is 2.88. The fraction of sp³-hybridized carbons (Fsp3) is 0.412. The van der Waals surface area contributed by atoms with Crippen LogP contribution in [0.15, 0.2) is 18.3 Å². The van der Waals surface area contributed by atoms with E-state index in [1.807, 2.05) is 0 Å². The number of carboxylic acid groups (broad SMARTS) is 1. The monoisotopic (exact) mass is 335 g/mol. The molecule has 0 fully saturated rings. The van der Waals surface area contributed by atoms with Crippen molar-refractivity contribution in [3.63, 3.8) is 0 Å². The first-order valence-corrected chi connectivity index (χ1v) is 8.01. The van der Waals surface area contributed by atoms with Gasteiger partial charge in [0.25, 0.3) is 0 Å². The standard InChI is InChI=1S/C17H19F2N3O2/c18-14-6-11(17(23)24)7-15(19)13(14)10-20-8-12-9-21-16-4-2-1-3-5-22(12)16/h6-7,9,20H,1-5,8,10H2,(H,23,24). The van der Waals surface area contributed by atoms with Gasteiger partial charge in [0.1, 0.15) is 17.5 Å². The smallest absolute Gasteiger partial charge is 0.335 e. The highest BCUT2D eigenvalue weighted by Gasteiger charge is 2.16. The molecule has 0 bridgehead atoms. The van der Waals surface area contributed by atoms with E-state index in [1.54, 1.807) is 6.20 Å². The zero-order valence-corrected chi connectivity index (χ0v) is 13.2. The molecule has 0 saturated carbocycles. The Bertz CT molecular complexity index is 735. The number of imidazole rings is 1. The van der Waals surface area contributed by atoms with E-state index >= 15 is 0 Å². The average molecular weight is 335 g/mol. The quantitative estimate of drug-likeness (QED) is 0.882. The van der Waals surface area contributed by atoms with Crippen LogP contribution in [0.4, 0.5) is 8.78 Å². The van der Waals surface area contributed by atoms with Crippen LogP contribution < -0.4 is 5.32 Å². The molecule has 128 valence electrons. The molecular weight excluding hydrogens is 316 g/mol. The number of nitrogens with one attached hydrogen (secondary N) is 1. The third-order valence-corrected chi connectivity index (χ3v) is 4.30. The van der Waals surface area contributed by atoms with E-state index in [1.165, 1.54) is 6.42 Å². The van der Waals surface area contributed by atoms with E-state index in [0.29, 0.717) is 6.54 Å². The van der Waals surface area contributed by atoms with E-state index in [9.17, 15) is 13.6 Å². The molecule has 1 aromatic carbocycles. The van der Waals surface area contributed by atoms with Crippen molar-refractivity contribution in [2.75, 3.05) is 0 Å². The minimum absolute atomic E-state index is 0.0158. The number of aromatic nitrogens is 2. The van der Waals surface area contributed by atoms with Crippen LogP contribution in [0, 0.1) is 11.6 Å². The highest BCUT2D eigenvalue weighted by Crippen LogP contribution is 2.18. The lowest BCUT2D eigenvalue weighted by Crippen LogP contribution is -2.18. The minimum atomic E-state index is -1.35. The van der Waals surface area contributed by atoms with Crippen LogP contribution in [0.1, 0.15) is 46.7 Å². The number of benzene rings is 1. The molecule has 0 unspecified atom stereocenters. The summed E-state index contributed by atoms with van der Waals surface area (Å²) in [6.07, 6.45) is 6.18. The van der Waals surface area contributed by atoms with Crippen LogP contribution in [0.25, 0.3) is 0 Å². The lowest BCUT2D eigenvalue weighted by atomic mass is 10.1. The normalized spacial score (nSPS) is 14.2. The van der Waals surface area contributed by atoms with Crippen LogP contribution >= 0.6 is 0 Å². The summed E-state index contributed by atoms with van der Waals surface area (Å²) in [6.45, 7) is 1.35. The highest BCUT2D eigenvalue weighted by atomic mass is 19.1. The molecular formula is C17H19F2N3O2. The van der Waals surface area contributed by atoms with Gasteiger partial charge in [-0.25, -0.2) is 18.6 Å². The van der Waals surface area contributed by atoms with Gasteiger partial charge in [-0.15, -0.1) is 0 Å². The number of carbonyl (C=O) groups is 1. The number of carboxylic acids is 1. The fourth-order valence-electron chi connectivity index (χ4n) is 3.01. The van der Waals surface area contributed by atoms with E-state index < -0.39 is 23.2 Å². The summed E-state index contributed by atoms with van der Waals surface area (Å²) < 4.78 is 30.0. The Morgan fingerprint density at radius 3 is 2.67 bits per heavy atom. The van der Waals surface area contributed by atoms with E-state index in [4.69, 9.17) is 5.11 Å². The van der Waals surface area contributed by atoms with Crippen molar-refractivity contribution >= 4 is 5.97 Å². The second kappa shape index (κ2) is 7.09. The van der Waals surface area contributed by atoms with Crippen LogP contribution in [-0.4, -0.2) is 20.6 Å². The van der Waals surface area contributed by atoms with Crippen molar-refractivity contribution in [2.24, 2.45) is 0 Å². The molecule has 1 aliphatic heterocycles. The maximum Gasteiger partial charge on any atom is 0.335 e. The number of halogens is 2. The van der Waals surface area contributed by atoms with Gasteiger partial charge < -0.3 is 15.0 Å². The number of hydrogen-bond acceptors (Lipinski definition) is 3. The van der Waals surface area contributed by atoms with Crippen molar-refractivity contribution in [1.29, 1.82) is 0 Å². The Morgan fingerprint density at radius 1 is 1.21 bits per heavy atom. The molecule has 3 rings (SSSR count). The zero-order valence-electron chi connectivity index (χ0n) is 13.2. The SMILES string of the molecule is O=C(O)c1cc(F)c(CNCc2cnc3n2CCCCC3)c(F)c1. The number of fused-ring (bicyclic) bond motifs is 1. The van der Waals surface area contributed by atoms with Gasteiger partial charge in [0, 0.05) is 37.8 Å². The summed E-state index contributed by atoms with van der Waals surface area (Å²) in [4.78, 5) is 15.2. The zero-order chi connectivity index (χ0) is 17.1. The minimum Gasteiger partial charge on any atom is -0.478 e. The largest absolute Gasteiger partial charge is 0.478 e. The summed E-state index contributed by atoms with van der Waals surface area (Å²) in [5.74, 6) is -2.00. The van der Waals surface area contributed by atoms with Gasteiger partial charge in [-0.1, -0.05) is 6.42 Å². The lowest BCUT2D eigenvalue weighted by Gasteiger charge is -2.11. The molecule has 2 aromatic rings. The number of nitrogens with zero attached hydrogens (tertiary/aromatic N) is 2. The van der Waals surface area contributed by atoms with Gasteiger partial charge in [-0.2, -0.15) is 0 Å². The van der Waals surface area contributed by atoms with Gasteiger partial charge in [-0.3, -0.25) is 0 Å². The molecule has 5 nitrogen and oxygen atoms in total. The molecule has 0 atom stereocenters. The van der Waals surface area contributed by atoms with E-state index in [0.717, 1.165) is 49.5 Å². The Hall–Kier alpha value is -2.28. The Balaban J connectivity index is 1.67. The first kappa shape index (κ1) is 16.6. The second-order valence-corrected chi connectivity index (χ2v) is 5.96. The molecule has 7 heteroatoms. The molecule has 0 radical (unpaired) electrons. The molecule has 24 heavy (non-hydrogen) atoms. The van der Waals surface area contributed by atoms with E-state index in [2.05, 4.69) is 14.9 Å². The van der Waals surface area contributed by atoms with Gasteiger partial charge in [0.15, 0.2) is 0 Å². The molecule has 0 spiro atoms. The number of aryl methyl sites for hydroxylation is 1. The van der Waals surface area contributed by atoms with Crippen LogP contribution in [0.2, 0.25) is 0 Å². The van der Waals surface area contributed by atoms with Gasteiger partial charge >= 0.3 is 5.97 Å². The van der Waals surface area contributed by atoms with Gasteiger partial charge in [0.2, 0.25) is 0 Å². The lowest BCUT2D eigenvalue weighted by molar-refractivity contribution is 0.0695. The predicted molar refractivity (Wildman–Crippen MR) is 83.6 cm³/mol. The fourth-order valence-corrected chi connectivity index (χ4v) is 3.01. The van der Waals surface area contributed by atoms with Crippen LogP contribution in [0.3, 0.4) is 0 Å². The maximum atomic E-state index is 13.9. The van der Waals surface area contributed by atoms with Crippen molar-refractivity contribution in [3.8, 4) is 0 Å². The summed E-state index contributed by atoms with van der Waals surface area (Å²) in [6, 6.07) is 1.68. The third kappa shape index (κ3) is 3.46. The average Bonchev–Trinajstić information content (AvgIpc) is 2.77.